The molecule has 0 saturated heterocycles. The van der Waals surface area contributed by atoms with Crippen LogP contribution in [0.2, 0.25) is 0 Å². The lowest BCUT2D eigenvalue weighted by molar-refractivity contribution is -0.134. The Morgan fingerprint density at radius 1 is 1.04 bits per heavy atom. The first-order chi connectivity index (χ1) is 13.1. The fraction of sp³-hybridized carbons (Fsp3) is 0.333. The van der Waals surface area contributed by atoms with Crippen molar-refractivity contribution >= 4 is 11.9 Å². The number of benzene rings is 2. The van der Waals surface area contributed by atoms with Crippen molar-refractivity contribution in [3.05, 3.63) is 59.2 Å². The summed E-state index contributed by atoms with van der Waals surface area (Å²) < 4.78 is 16.3. The molecule has 1 amide bonds. The minimum absolute atomic E-state index is 0.243. The molecule has 2 aromatic rings. The lowest BCUT2D eigenvalue weighted by atomic mass is 10.1. The number of ether oxygens (including phenoxy) is 3. The number of carbonyl (C=O) groups is 2. The van der Waals surface area contributed by atoms with E-state index in [0.29, 0.717) is 43.4 Å². The van der Waals surface area contributed by atoms with Crippen molar-refractivity contribution in [2.45, 2.75) is 20.4 Å². The lowest BCUT2D eigenvalue weighted by Gasteiger charge is -2.23. The van der Waals surface area contributed by atoms with E-state index in [1.807, 2.05) is 44.2 Å². The van der Waals surface area contributed by atoms with Gasteiger partial charge in [-0.25, -0.2) is 4.79 Å². The highest BCUT2D eigenvalue weighted by Crippen LogP contribution is 2.31. The van der Waals surface area contributed by atoms with E-state index in [9.17, 15) is 9.59 Å². The molecule has 0 unspecified atom stereocenters. The maximum atomic E-state index is 12.5. The van der Waals surface area contributed by atoms with Crippen LogP contribution in [-0.2, 0) is 16.1 Å². The Bertz CT molecular complexity index is 816. The smallest absolute Gasteiger partial charge is 0.338 e. The minimum Gasteiger partial charge on any atom is -0.486 e. The number of carbonyl (C=O) groups excluding carboxylic acids is 2. The number of fused-ring (bicyclic) bond motifs is 1. The third kappa shape index (κ3) is 4.78. The van der Waals surface area contributed by atoms with Crippen LogP contribution in [0.25, 0.3) is 0 Å². The van der Waals surface area contributed by atoms with Crippen LogP contribution in [-0.4, -0.2) is 43.1 Å². The van der Waals surface area contributed by atoms with Crippen LogP contribution >= 0.6 is 0 Å². The van der Waals surface area contributed by atoms with Gasteiger partial charge >= 0.3 is 5.97 Å². The van der Waals surface area contributed by atoms with E-state index < -0.39 is 5.97 Å². The molecule has 0 fully saturated rings. The predicted molar refractivity (Wildman–Crippen MR) is 100.0 cm³/mol. The van der Waals surface area contributed by atoms with Crippen molar-refractivity contribution in [2.24, 2.45) is 0 Å². The van der Waals surface area contributed by atoms with Crippen molar-refractivity contribution < 1.29 is 23.8 Å². The summed E-state index contributed by atoms with van der Waals surface area (Å²) in [5.74, 6) is 0.658. The zero-order valence-electron chi connectivity index (χ0n) is 15.6. The minimum atomic E-state index is -0.501. The summed E-state index contributed by atoms with van der Waals surface area (Å²) in [6, 6.07) is 12.7. The van der Waals surface area contributed by atoms with E-state index >= 15 is 0 Å². The van der Waals surface area contributed by atoms with E-state index in [0.717, 1.165) is 11.1 Å². The molecule has 0 N–H and O–H groups in total. The average Bonchev–Trinajstić information content (AvgIpc) is 2.70. The van der Waals surface area contributed by atoms with Gasteiger partial charge in [-0.2, -0.15) is 0 Å². The van der Waals surface area contributed by atoms with Crippen molar-refractivity contribution in [1.29, 1.82) is 0 Å². The summed E-state index contributed by atoms with van der Waals surface area (Å²) in [6.07, 6.45) is 0. The third-order valence-corrected chi connectivity index (χ3v) is 4.33. The van der Waals surface area contributed by atoms with Crippen molar-refractivity contribution in [2.75, 3.05) is 26.4 Å². The summed E-state index contributed by atoms with van der Waals surface area (Å²) in [6.45, 7) is 5.52. The Kier molecular flexibility index (Phi) is 5.96. The number of hydrogen-bond donors (Lipinski definition) is 0. The first kappa shape index (κ1) is 18.8. The first-order valence-electron chi connectivity index (χ1n) is 8.97. The predicted octanol–water partition coefficient (Wildman–Crippen LogP) is 2.97. The molecule has 0 radical (unpaired) electrons. The Labute approximate surface area is 158 Å². The summed E-state index contributed by atoms with van der Waals surface area (Å²) in [4.78, 5) is 26.1. The highest BCUT2D eigenvalue weighted by atomic mass is 16.6. The average molecular weight is 369 g/mol. The molecule has 1 aliphatic heterocycles. The molecule has 6 heteroatoms. The van der Waals surface area contributed by atoms with Crippen LogP contribution in [0.5, 0.6) is 11.5 Å². The van der Waals surface area contributed by atoms with E-state index in [4.69, 9.17) is 14.2 Å². The van der Waals surface area contributed by atoms with E-state index in [2.05, 4.69) is 0 Å². The van der Waals surface area contributed by atoms with Gasteiger partial charge in [0.05, 0.1) is 5.56 Å². The number of amides is 1. The lowest BCUT2D eigenvalue weighted by Crippen LogP contribution is -2.34. The quantitative estimate of drug-likeness (QED) is 0.733. The zero-order chi connectivity index (χ0) is 19.2. The highest BCUT2D eigenvalue weighted by Gasteiger charge is 2.17. The number of rotatable bonds is 6. The molecule has 3 rings (SSSR count). The Morgan fingerprint density at radius 2 is 1.74 bits per heavy atom. The molecule has 6 nitrogen and oxygen atoms in total. The van der Waals surface area contributed by atoms with Crippen molar-refractivity contribution in [3.8, 4) is 11.5 Å². The topological polar surface area (TPSA) is 65.1 Å². The van der Waals surface area contributed by atoms with E-state index in [1.165, 1.54) is 0 Å². The van der Waals surface area contributed by atoms with Gasteiger partial charge in [-0.15, -0.1) is 0 Å². The zero-order valence-corrected chi connectivity index (χ0v) is 15.6. The molecule has 0 saturated carbocycles. The van der Waals surface area contributed by atoms with Crippen LogP contribution < -0.4 is 9.47 Å². The molecule has 0 spiro atoms. The van der Waals surface area contributed by atoms with Gasteiger partial charge in [0.25, 0.3) is 5.91 Å². The van der Waals surface area contributed by atoms with Crippen LogP contribution in [0, 0.1) is 6.92 Å². The second-order valence-corrected chi connectivity index (χ2v) is 6.33. The Hall–Kier alpha value is -3.02. The molecular weight excluding hydrogens is 346 g/mol. The largest absolute Gasteiger partial charge is 0.486 e. The molecule has 0 bridgehead atoms. The fourth-order valence-corrected chi connectivity index (χ4v) is 2.77. The van der Waals surface area contributed by atoms with E-state index in [-0.39, 0.29) is 12.5 Å². The standard InChI is InChI=1S/C21H23NO5/c1-3-22(13-16-6-9-18-19(12-16)26-11-10-25-18)20(23)14-27-21(24)17-7-4-15(2)5-8-17/h4-9,12H,3,10-11,13-14H2,1-2H3. The van der Waals surface area contributed by atoms with Crippen LogP contribution in [0.3, 0.4) is 0 Å². The number of aryl methyl sites for hydroxylation is 1. The summed E-state index contributed by atoms with van der Waals surface area (Å²) in [5, 5.41) is 0. The number of esters is 1. The second kappa shape index (κ2) is 8.58. The number of likely N-dealkylation sites (N-methyl/N-ethyl adjacent to an activating group) is 1. The first-order valence-corrected chi connectivity index (χ1v) is 8.97. The number of nitrogens with zero attached hydrogens (tertiary/aromatic N) is 1. The molecule has 2 aromatic carbocycles. The molecular formula is C21H23NO5. The third-order valence-electron chi connectivity index (χ3n) is 4.33. The van der Waals surface area contributed by atoms with Gasteiger partial charge in [0, 0.05) is 13.1 Å². The highest BCUT2D eigenvalue weighted by molar-refractivity contribution is 5.91. The van der Waals surface area contributed by atoms with Gasteiger partial charge < -0.3 is 19.1 Å². The van der Waals surface area contributed by atoms with Gasteiger partial charge in [0.1, 0.15) is 13.2 Å². The van der Waals surface area contributed by atoms with Crippen LogP contribution in [0.1, 0.15) is 28.4 Å². The van der Waals surface area contributed by atoms with E-state index in [1.54, 1.807) is 17.0 Å². The molecule has 1 aliphatic rings. The van der Waals surface area contributed by atoms with Gasteiger partial charge in [0.2, 0.25) is 0 Å². The van der Waals surface area contributed by atoms with Crippen LogP contribution in [0.15, 0.2) is 42.5 Å². The van der Waals surface area contributed by atoms with Crippen LogP contribution in [0.4, 0.5) is 0 Å². The van der Waals surface area contributed by atoms with Gasteiger partial charge in [-0.1, -0.05) is 23.8 Å². The van der Waals surface area contributed by atoms with Gasteiger partial charge in [-0.3, -0.25) is 4.79 Å². The monoisotopic (exact) mass is 369 g/mol. The summed E-state index contributed by atoms with van der Waals surface area (Å²) in [7, 11) is 0. The van der Waals surface area contributed by atoms with Crippen molar-refractivity contribution in [3.63, 3.8) is 0 Å². The SMILES string of the molecule is CCN(Cc1ccc2c(c1)OCCO2)C(=O)COC(=O)c1ccc(C)cc1. The fourth-order valence-electron chi connectivity index (χ4n) is 2.77. The molecule has 27 heavy (non-hydrogen) atoms. The molecule has 0 atom stereocenters. The molecule has 1 heterocycles. The molecule has 0 aliphatic carbocycles. The summed E-state index contributed by atoms with van der Waals surface area (Å²) in [5.41, 5.74) is 2.42. The summed E-state index contributed by atoms with van der Waals surface area (Å²) >= 11 is 0. The number of hydrogen-bond acceptors (Lipinski definition) is 5. The van der Waals surface area contributed by atoms with Gasteiger partial charge in [0.15, 0.2) is 18.1 Å². The van der Waals surface area contributed by atoms with Crippen molar-refractivity contribution in [1.82, 2.24) is 4.90 Å². The maximum absolute atomic E-state index is 12.5. The maximum Gasteiger partial charge on any atom is 0.338 e. The normalized spacial score (nSPS) is 12.4. The molecule has 0 aromatic heterocycles. The Morgan fingerprint density at radius 3 is 2.44 bits per heavy atom. The second-order valence-electron chi connectivity index (χ2n) is 6.33. The van der Waals surface area contributed by atoms with Gasteiger partial charge in [-0.05, 0) is 43.7 Å². The molecule has 142 valence electrons. The Balaban J connectivity index is 1.57.